The van der Waals surface area contributed by atoms with Crippen LogP contribution in [0, 0.1) is 18.3 Å². The van der Waals surface area contributed by atoms with E-state index in [1.165, 1.54) is 12.1 Å². The van der Waals surface area contributed by atoms with Crippen LogP contribution in [0.25, 0.3) is 0 Å². The van der Waals surface area contributed by atoms with E-state index in [-0.39, 0.29) is 17.0 Å². The predicted octanol–water partition coefficient (Wildman–Crippen LogP) is 2.87. The van der Waals surface area contributed by atoms with E-state index < -0.39 is 11.8 Å². The molecule has 0 aliphatic carbocycles. The van der Waals surface area contributed by atoms with E-state index in [0.29, 0.717) is 5.56 Å². The number of hydrogen-bond donors (Lipinski definition) is 2. The summed E-state index contributed by atoms with van der Waals surface area (Å²) in [7, 11) is 0. The number of anilines is 1. The fourth-order valence-electron chi connectivity index (χ4n) is 1.85. The van der Waals surface area contributed by atoms with Gasteiger partial charge in [-0.05, 0) is 19.1 Å². The van der Waals surface area contributed by atoms with Crippen LogP contribution in [0.4, 0.5) is 5.69 Å². The van der Waals surface area contributed by atoms with Crippen LogP contribution in [-0.4, -0.2) is 22.6 Å². The first-order valence-corrected chi connectivity index (χ1v) is 6.70. The fourth-order valence-corrected chi connectivity index (χ4v) is 1.85. The topological polar surface area (TPSA) is 103 Å². The number of carbonyl (C=O) groups is 2. The quantitative estimate of drug-likeness (QED) is 0.502. The highest BCUT2D eigenvalue weighted by Crippen LogP contribution is 2.15. The van der Waals surface area contributed by atoms with Gasteiger partial charge in [0.25, 0.3) is 0 Å². The minimum atomic E-state index is -1.13. The first-order chi connectivity index (χ1) is 11.0. The number of hydrazone groups is 1. The molecule has 0 fully saturated rings. The summed E-state index contributed by atoms with van der Waals surface area (Å²) in [4.78, 5) is 23.3. The molecular formula is C17H13N3O3. The Bertz CT molecular complexity index is 818. The zero-order valence-corrected chi connectivity index (χ0v) is 12.3. The van der Waals surface area contributed by atoms with Crippen molar-refractivity contribution in [1.82, 2.24) is 0 Å². The Morgan fingerprint density at radius 1 is 1.13 bits per heavy atom. The Hall–Kier alpha value is -3.46. The Labute approximate surface area is 132 Å². The van der Waals surface area contributed by atoms with E-state index in [2.05, 4.69) is 10.5 Å². The van der Waals surface area contributed by atoms with Crippen LogP contribution in [0.3, 0.4) is 0 Å². The van der Waals surface area contributed by atoms with E-state index in [0.717, 1.165) is 5.56 Å². The fraction of sp³-hybridized carbons (Fsp3) is 0.0588. The van der Waals surface area contributed by atoms with Gasteiger partial charge in [-0.15, -0.1) is 0 Å². The molecule has 23 heavy (non-hydrogen) atoms. The van der Waals surface area contributed by atoms with E-state index in [9.17, 15) is 9.59 Å². The summed E-state index contributed by atoms with van der Waals surface area (Å²) in [5, 5.41) is 21.9. The molecule has 0 saturated carbocycles. The van der Waals surface area contributed by atoms with Gasteiger partial charge in [0.05, 0.1) is 11.3 Å². The lowest BCUT2D eigenvalue weighted by molar-refractivity contribution is 0.0697. The number of carboxylic acids is 1. The number of para-hydroxylation sites is 1. The Morgan fingerprint density at radius 2 is 1.78 bits per heavy atom. The third-order valence-electron chi connectivity index (χ3n) is 3.08. The van der Waals surface area contributed by atoms with Gasteiger partial charge < -0.3 is 5.11 Å². The van der Waals surface area contributed by atoms with Crippen LogP contribution in [0.2, 0.25) is 0 Å². The van der Waals surface area contributed by atoms with Crippen LogP contribution >= 0.6 is 0 Å². The van der Waals surface area contributed by atoms with Gasteiger partial charge in [0.1, 0.15) is 6.07 Å². The lowest BCUT2D eigenvalue weighted by Crippen LogP contribution is -2.14. The van der Waals surface area contributed by atoms with Gasteiger partial charge in [0, 0.05) is 5.56 Å². The van der Waals surface area contributed by atoms with Crippen molar-refractivity contribution in [1.29, 1.82) is 5.26 Å². The van der Waals surface area contributed by atoms with Gasteiger partial charge in [-0.2, -0.15) is 10.4 Å². The van der Waals surface area contributed by atoms with Gasteiger partial charge in [-0.1, -0.05) is 42.0 Å². The maximum absolute atomic E-state index is 12.2. The maximum Gasteiger partial charge on any atom is 0.337 e. The van der Waals surface area contributed by atoms with Crippen LogP contribution in [0.15, 0.2) is 53.6 Å². The van der Waals surface area contributed by atoms with Crippen LogP contribution in [0.5, 0.6) is 0 Å². The normalized spacial score (nSPS) is 10.7. The number of rotatable bonds is 5. The number of benzene rings is 2. The molecule has 2 aromatic rings. The molecule has 0 atom stereocenters. The number of ketones is 1. The second-order valence-corrected chi connectivity index (χ2v) is 4.73. The highest BCUT2D eigenvalue weighted by molar-refractivity contribution is 6.51. The Kier molecular flexibility index (Phi) is 4.85. The second-order valence-electron chi connectivity index (χ2n) is 4.73. The van der Waals surface area contributed by atoms with E-state index in [1.807, 2.05) is 6.92 Å². The number of carboxylic acid groups (broad SMARTS) is 1. The predicted molar refractivity (Wildman–Crippen MR) is 85.6 cm³/mol. The largest absolute Gasteiger partial charge is 0.478 e. The van der Waals surface area contributed by atoms with Gasteiger partial charge in [-0.25, -0.2) is 4.79 Å². The molecule has 6 nitrogen and oxygen atoms in total. The first-order valence-electron chi connectivity index (χ1n) is 6.70. The first kappa shape index (κ1) is 15.9. The van der Waals surface area contributed by atoms with Gasteiger partial charge in [0.15, 0.2) is 0 Å². The maximum atomic E-state index is 12.2. The van der Waals surface area contributed by atoms with Crippen molar-refractivity contribution in [2.24, 2.45) is 5.10 Å². The number of nitriles is 1. The number of nitrogens with zero attached hydrogens (tertiary/aromatic N) is 2. The summed E-state index contributed by atoms with van der Waals surface area (Å²) in [6, 6.07) is 14.5. The van der Waals surface area contributed by atoms with Crippen LogP contribution < -0.4 is 5.43 Å². The summed E-state index contributed by atoms with van der Waals surface area (Å²) in [5.41, 5.74) is 3.64. The lowest BCUT2D eigenvalue weighted by atomic mass is 10.1. The van der Waals surface area contributed by atoms with Gasteiger partial charge in [0.2, 0.25) is 11.5 Å². The molecule has 0 aliphatic heterocycles. The number of nitrogens with one attached hydrogen (secondary N) is 1. The molecule has 0 spiro atoms. The molecule has 6 heteroatoms. The molecule has 0 unspecified atom stereocenters. The van der Waals surface area contributed by atoms with Gasteiger partial charge >= 0.3 is 5.97 Å². The smallest absolute Gasteiger partial charge is 0.337 e. The standard InChI is InChI=1S/C17H13N3O3/c1-11-6-8-12(9-7-11)16(21)15(10-18)20-19-14-5-3-2-4-13(14)17(22)23/h2-9,19H,1H3,(H,22,23)/b20-15+. The summed E-state index contributed by atoms with van der Waals surface area (Å²) < 4.78 is 0. The highest BCUT2D eigenvalue weighted by Gasteiger charge is 2.15. The minimum Gasteiger partial charge on any atom is -0.478 e. The molecule has 0 aromatic heterocycles. The van der Waals surface area contributed by atoms with Crippen LogP contribution in [0.1, 0.15) is 26.3 Å². The molecule has 0 saturated heterocycles. The third kappa shape index (κ3) is 3.80. The van der Waals surface area contributed by atoms with Crippen molar-refractivity contribution >= 4 is 23.2 Å². The van der Waals surface area contributed by atoms with Crippen molar-refractivity contribution in [2.45, 2.75) is 6.92 Å². The molecule has 0 heterocycles. The Morgan fingerprint density at radius 3 is 2.39 bits per heavy atom. The number of Topliss-reactive ketones (excluding diaryl/α,β-unsaturated/α-hetero) is 1. The minimum absolute atomic E-state index is 0.00340. The summed E-state index contributed by atoms with van der Waals surface area (Å²) in [6.45, 7) is 1.89. The zero-order chi connectivity index (χ0) is 16.8. The SMILES string of the molecule is Cc1ccc(C(=O)/C(C#N)=N/Nc2ccccc2C(=O)O)cc1. The third-order valence-corrected chi connectivity index (χ3v) is 3.08. The van der Waals surface area contributed by atoms with Crippen LogP contribution in [-0.2, 0) is 0 Å². The summed E-state index contributed by atoms with van der Waals surface area (Å²) in [6.07, 6.45) is 0. The van der Waals surface area contributed by atoms with Crippen molar-refractivity contribution in [3.05, 3.63) is 65.2 Å². The highest BCUT2D eigenvalue weighted by atomic mass is 16.4. The number of hydrogen-bond acceptors (Lipinski definition) is 5. The monoisotopic (exact) mass is 307 g/mol. The molecule has 0 amide bonds. The summed E-state index contributed by atoms with van der Waals surface area (Å²) in [5.74, 6) is -1.67. The molecule has 0 aliphatic rings. The summed E-state index contributed by atoms with van der Waals surface area (Å²) >= 11 is 0. The lowest BCUT2D eigenvalue weighted by Gasteiger charge is -2.05. The molecule has 0 radical (unpaired) electrons. The number of aromatic carboxylic acids is 1. The molecule has 114 valence electrons. The van der Waals surface area contributed by atoms with E-state index in [1.54, 1.807) is 42.5 Å². The number of aryl methyl sites for hydroxylation is 1. The molecule has 2 rings (SSSR count). The van der Waals surface area contributed by atoms with E-state index >= 15 is 0 Å². The average Bonchev–Trinajstić information content (AvgIpc) is 2.56. The molecule has 2 N–H and O–H groups in total. The second kappa shape index (κ2) is 7.00. The van der Waals surface area contributed by atoms with Crippen molar-refractivity contribution in [3.8, 4) is 6.07 Å². The zero-order valence-electron chi connectivity index (χ0n) is 12.3. The average molecular weight is 307 g/mol. The number of carbonyl (C=O) groups excluding carboxylic acids is 1. The molecule has 0 bridgehead atoms. The van der Waals surface area contributed by atoms with Crippen molar-refractivity contribution in [2.75, 3.05) is 5.43 Å². The molecule has 2 aromatic carbocycles. The Balaban J connectivity index is 2.26. The van der Waals surface area contributed by atoms with E-state index in [4.69, 9.17) is 10.4 Å². The molecular weight excluding hydrogens is 294 g/mol. The van der Waals surface area contributed by atoms with Crippen molar-refractivity contribution in [3.63, 3.8) is 0 Å². The van der Waals surface area contributed by atoms with Crippen molar-refractivity contribution < 1.29 is 14.7 Å². The van der Waals surface area contributed by atoms with Gasteiger partial charge in [-0.3, -0.25) is 10.2 Å².